The summed E-state index contributed by atoms with van der Waals surface area (Å²) >= 11 is 0. The van der Waals surface area contributed by atoms with E-state index in [2.05, 4.69) is 49.5 Å². The predicted octanol–water partition coefficient (Wildman–Crippen LogP) is 3.80. The number of aryl methyl sites for hydroxylation is 1. The van der Waals surface area contributed by atoms with E-state index < -0.39 is 0 Å². The third-order valence-corrected chi connectivity index (χ3v) is 4.45. The van der Waals surface area contributed by atoms with Gasteiger partial charge in [-0.3, -0.25) is 0 Å². The molecule has 2 nitrogen and oxygen atoms in total. The summed E-state index contributed by atoms with van der Waals surface area (Å²) in [5.41, 5.74) is 1.92. The number of hydrogen-bond acceptors (Lipinski definition) is 2. The topological polar surface area (TPSA) is 21.3 Å². The van der Waals surface area contributed by atoms with Crippen LogP contribution in [-0.2, 0) is 11.2 Å². The molecule has 1 aromatic rings. The molecule has 20 heavy (non-hydrogen) atoms. The van der Waals surface area contributed by atoms with E-state index in [1.54, 1.807) is 0 Å². The second kappa shape index (κ2) is 7.80. The third-order valence-electron chi connectivity index (χ3n) is 4.45. The van der Waals surface area contributed by atoms with Gasteiger partial charge in [0.2, 0.25) is 0 Å². The lowest BCUT2D eigenvalue weighted by molar-refractivity contribution is 0.00862. The van der Waals surface area contributed by atoms with Gasteiger partial charge in [0.05, 0.1) is 0 Å². The molecule has 1 heterocycles. The van der Waals surface area contributed by atoms with Crippen molar-refractivity contribution in [2.24, 2.45) is 5.41 Å². The number of ether oxygens (including phenoxy) is 1. The Kier molecular flexibility index (Phi) is 6.06. The van der Waals surface area contributed by atoms with Gasteiger partial charge in [-0.15, -0.1) is 0 Å². The highest BCUT2D eigenvalue weighted by molar-refractivity contribution is 5.14. The minimum atomic E-state index is 0.456. The largest absolute Gasteiger partial charge is 0.381 e. The van der Waals surface area contributed by atoms with Gasteiger partial charge in [0.25, 0.3) is 0 Å². The van der Waals surface area contributed by atoms with Crippen LogP contribution in [-0.4, -0.2) is 25.8 Å². The molecule has 1 aliphatic heterocycles. The van der Waals surface area contributed by atoms with Crippen LogP contribution < -0.4 is 5.32 Å². The van der Waals surface area contributed by atoms with Crippen LogP contribution in [0.2, 0.25) is 0 Å². The van der Waals surface area contributed by atoms with Crippen LogP contribution in [0, 0.1) is 5.41 Å². The lowest BCUT2D eigenvalue weighted by Gasteiger charge is -2.38. The molecule has 1 N–H and O–H groups in total. The fourth-order valence-corrected chi connectivity index (χ4v) is 3.05. The normalized spacial score (nSPS) is 18.4. The van der Waals surface area contributed by atoms with E-state index in [1.165, 1.54) is 37.7 Å². The van der Waals surface area contributed by atoms with Gasteiger partial charge in [-0.05, 0) is 43.1 Å². The second-order valence-electron chi connectivity index (χ2n) is 6.49. The zero-order valence-electron chi connectivity index (χ0n) is 13.0. The molecule has 1 fully saturated rings. The van der Waals surface area contributed by atoms with Crippen LogP contribution in [0.15, 0.2) is 30.3 Å². The maximum absolute atomic E-state index is 5.57. The zero-order chi connectivity index (χ0) is 14.3. The molecule has 0 saturated carbocycles. The summed E-state index contributed by atoms with van der Waals surface area (Å²) in [6.45, 7) is 7.48. The molecule has 0 spiro atoms. The van der Waals surface area contributed by atoms with Crippen LogP contribution >= 0.6 is 0 Å². The van der Waals surface area contributed by atoms with Crippen molar-refractivity contribution < 1.29 is 4.74 Å². The first kappa shape index (κ1) is 15.5. The third kappa shape index (κ3) is 4.92. The summed E-state index contributed by atoms with van der Waals surface area (Å²) in [7, 11) is 0. The summed E-state index contributed by atoms with van der Waals surface area (Å²) in [4.78, 5) is 0. The Hall–Kier alpha value is -0.860. The van der Waals surface area contributed by atoms with Gasteiger partial charge in [0.15, 0.2) is 0 Å². The smallest absolute Gasteiger partial charge is 0.0471 e. The summed E-state index contributed by atoms with van der Waals surface area (Å²) in [5.74, 6) is 0. The van der Waals surface area contributed by atoms with Crippen LogP contribution in [0.25, 0.3) is 0 Å². The molecule has 0 aromatic heterocycles. The zero-order valence-corrected chi connectivity index (χ0v) is 13.0. The Bertz CT molecular complexity index is 368. The van der Waals surface area contributed by atoms with Crippen molar-refractivity contribution in [2.45, 2.75) is 52.0 Å². The molecule has 0 unspecified atom stereocenters. The number of hydrogen-bond donors (Lipinski definition) is 1. The van der Waals surface area contributed by atoms with Gasteiger partial charge < -0.3 is 10.1 Å². The van der Waals surface area contributed by atoms with Crippen molar-refractivity contribution in [1.29, 1.82) is 0 Å². The average molecular weight is 275 g/mol. The molecule has 0 atom stereocenters. The van der Waals surface area contributed by atoms with E-state index in [0.29, 0.717) is 11.5 Å². The SMILES string of the molecule is CC(C)NCC1(CCCc2ccccc2)CCOCC1. The molecule has 1 saturated heterocycles. The molecule has 2 rings (SSSR count). The second-order valence-corrected chi connectivity index (χ2v) is 6.49. The number of benzene rings is 1. The molecule has 0 amide bonds. The molecule has 2 heteroatoms. The van der Waals surface area contributed by atoms with Crippen molar-refractivity contribution in [3.8, 4) is 0 Å². The maximum Gasteiger partial charge on any atom is 0.0471 e. The van der Waals surface area contributed by atoms with Crippen LogP contribution in [0.1, 0.15) is 45.1 Å². The summed E-state index contributed by atoms with van der Waals surface area (Å²) in [5, 5.41) is 3.65. The molecule has 0 bridgehead atoms. The maximum atomic E-state index is 5.57. The first-order valence-electron chi connectivity index (χ1n) is 8.05. The molecule has 0 radical (unpaired) electrons. The van der Waals surface area contributed by atoms with Crippen molar-refractivity contribution in [3.63, 3.8) is 0 Å². The lowest BCUT2D eigenvalue weighted by atomic mass is 9.75. The quantitative estimate of drug-likeness (QED) is 0.817. The minimum absolute atomic E-state index is 0.456. The van der Waals surface area contributed by atoms with Gasteiger partial charge >= 0.3 is 0 Å². The van der Waals surface area contributed by atoms with Gasteiger partial charge in [0, 0.05) is 25.8 Å². The fraction of sp³-hybridized carbons (Fsp3) is 0.667. The summed E-state index contributed by atoms with van der Waals surface area (Å²) in [6.07, 6.45) is 6.21. The Labute approximate surface area is 123 Å². The Balaban J connectivity index is 1.84. The van der Waals surface area contributed by atoms with E-state index in [0.717, 1.165) is 19.8 Å². The number of nitrogens with one attached hydrogen (secondary N) is 1. The summed E-state index contributed by atoms with van der Waals surface area (Å²) < 4.78 is 5.57. The van der Waals surface area contributed by atoms with E-state index >= 15 is 0 Å². The molecule has 0 aliphatic carbocycles. The first-order valence-corrected chi connectivity index (χ1v) is 8.05. The standard InChI is InChI=1S/C18H29NO/c1-16(2)19-15-18(11-13-20-14-12-18)10-6-9-17-7-4-3-5-8-17/h3-5,7-8,16,19H,6,9-15H2,1-2H3. The van der Waals surface area contributed by atoms with E-state index in [1.807, 2.05) is 0 Å². The first-order chi connectivity index (χ1) is 9.70. The lowest BCUT2D eigenvalue weighted by Crippen LogP contribution is -2.41. The van der Waals surface area contributed by atoms with Crippen molar-refractivity contribution >= 4 is 0 Å². The average Bonchev–Trinajstić information content (AvgIpc) is 2.47. The predicted molar refractivity (Wildman–Crippen MR) is 85.0 cm³/mol. The van der Waals surface area contributed by atoms with Crippen molar-refractivity contribution in [1.82, 2.24) is 5.32 Å². The molecular weight excluding hydrogens is 246 g/mol. The number of rotatable bonds is 7. The van der Waals surface area contributed by atoms with Crippen LogP contribution in [0.5, 0.6) is 0 Å². The van der Waals surface area contributed by atoms with E-state index in [-0.39, 0.29) is 0 Å². The van der Waals surface area contributed by atoms with Crippen molar-refractivity contribution in [2.75, 3.05) is 19.8 Å². The molecule has 112 valence electrons. The van der Waals surface area contributed by atoms with Gasteiger partial charge in [-0.1, -0.05) is 44.2 Å². The van der Waals surface area contributed by atoms with Crippen LogP contribution in [0.4, 0.5) is 0 Å². The highest BCUT2D eigenvalue weighted by Crippen LogP contribution is 2.35. The summed E-state index contributed by atoms with van der Waals surface area (Å²) in [6, 6.07) is 11.4. The fourth-order valence-electron chi connectivity index (χ4n) is 3.05. The molecule has 1 aromatic carbocycles. The van der Waals surface area contributed by atoms with Gasteiger partial charge in [0.1, 0.15) is 0 Å². The Morgan fingerprint density at radius 3 is 2.50 bits per heavy atom. The molecular formula is C18H29NO. The van der Waals surface area contributed by atoms with E-state index in [9.17, 15) is 0 Å². The van der Waals surface area contributed by atoms with Crippen LogP contribution in [0.3, 0.4) is 0 Å². The highest BCUT2D eigenvalue weighted by atomic mass is 16.5. The molecule has 1 aliphatic rings. The minimum Gasteiger partial charge on any atom is -0.381 e. The van der Waals surface area contributed by atoms with Gasteiger partial charge in [-0.25, -0.2) is 0 Å². The Morgan fingerprint density at radius 1 is 1.15 bits per heavy atom. The Morgan fingerprint density at radius 2 is 1.85 bits per heavy atom. The highest BCUT2D eigenvalue weighted by Gasteiger charge is 2.31. The van der Waals surface area contributed by atoms with Gasteiger partial charge in [-0.2, -0.15) is 0 Å². The van der Waals surface area contributed by atoms with E-state index in [4.69, 9.17) is 4.74 Å². The monoisotopic (exact) mass is 275 g/mol. The van der Waals surface area contributed by atoms with Crippen molar-refractivity contribution in [3.05, 3.63) is 35.9 Å².